The fourth-order valence-electron chi connectivity index (χ4n) is 2.42. The van der Waals surface area contributed by atoms with Gasteiger partial charge in [-0.15, -0.1) is 27.5 Å². The number of fused-ring (bicyclic) bond motifs is 1. The molecular weight excluding hydrogens is 340 g/mol. The first-order chi connectivity index (χ1) is 10.6. The SMILES string of the molecule is O=C(NNS(=O)(=O)c1cccs1)c1cc2c(s1)CCCCC2. The van der Waals surface area contributed by atoms with Crippen LogP contribution in [0.1, 0.15) is 39.4 Å². The Morgan fingerprint density at radius 1 is 1.18 bits per heavy atom. The second kappa shape index (κ2) is 6.49. The standard InChI is InChI=1S/C14H16N2O3S3/c17-14(15-16-22(18,19)13-7-4-8-20-13)12-9-10-5-2-1-3-6-11(10)21-12/h4,7-9,16H,1-3,5-6H2,(H,15,17). The lowest BCUT2D eigenvalue weighted by atomic mass is 10.1. The molecule has 8 heteroatoms. The highest BCUT2D eigenvalue weighted by Crippen LogP contribution is 2.28. The minimum absolute atomic E-state index is 0.176. The molecule has 118 valence electrons. The summed E-state index contributed by atoms with van der Waals surface area (Å²) in [5, 5.41) is 1.67. The lowest BCUT2D eigenvalue weighted by molar-refractivity contribution is 0.0949. The number of hydrazine groups is 1. The number of amides is 1. The maximum atomic E-state index is 12.1. The smallest absolute Gasteiger partial charge is 0.273 e. The summed E-state index contributed by atoms with van der Waals surface area (Å²) in [6, 6.07) is 5.03. The van der Waals surface area contributed by atoms with E-state index in [1.807, 2.05) is 6.07 Å². The molecule has 22 heavy (non-hydrogen) atoms. The van der Waals surface area contributed by atoms with E-state index in [9.17, 15) is 13.2 Å². The maximum absolute atomic E-state index is 12.1. The van der Waals surface area contributed by atoms with Gasteiger partial charge in [0.15, 0.2) is 0 Å². The summed E-state index contributed by atoms with van der Waals surface area (Å²) in [6.07, 6.45) is 5.53. The molecule has 1 aliphatic rings. The Morgan fingerprint density at radius 3 is 2.77 bits per heavy atom. The van der Waals surface area contributed by atoms with Gasteiger partial charge >= 0.3 is 0 Å². The molecule has 0 radical (unpaired) electrons. The minimum atomic E-state index is -3.69. The first kappa shape index (κ1) is 15.7. The molecule has 2 N–H and O–H groups in total. The van der Waals surface area contributed by atoms with Crippen molar-refractivity contribution in [3.05, 3.63) is 38.9 Å². The van der Waals surface area contributed by atoms with Gasteiger partial charge in [0.25, 0.3) is 15.9 Å². The third kappa shape index (κ3) is 3.40. The Labute approximate surface area is 137 Å². The molecule has 2 heterocycles. The lowest BCUT2D eigenvalue weighted by Gasteiger charge is -2.05. The fourth-order valence-corrected chi connectivity index (χ4v) is 5.40. The molecule has 1 amide bonds. The molecule has 0 atom stereocenters. The molecule has 0 aromatic carbocycles. The topological polar surface area (TPSA) is 75.3 Å². The van der Waals surface area contributed by atoms with E-state index in [2.05, 4.69) is 10.3 Å². The average molecular weight is 356 g/mol. The number of nitrogens with one attached hydrogen (secondary N) is 2. The van der Waals surface area contributed by atoms with E-state index < -0.39 is 15.9 Å². The Kier molecular flexibility index (Phi) is 4.62. The molecule has 0 saturated carbocycles. The largest absolute Gasteiger partial charge is 0.276 e. The minimum Gasteiger partial charge on any atom is -0.273 e. The first-order valence-corrected chi connectivity index (χ1v) is 10.2. The average Bonchev–Trinajstić information content (AvgIpc) is 3.12. The van der Waals surface area contributed by atoms with Crippen LogP contribution >= 0.6 is 22.7 Å². The van der Waals surface area contributed by atoms with Crippen LogP contribution in [-0.4, -0.2) is 14.3 Å². The van der Waals surface area contributed by atoms with Crippen molar-refractivity contribution in [1.29, 1.82) is 0 Å². The number of hydrogen-bond donors (Lipinski definition) is 2. The molecule has 0 spiro atoms. The molecule has 0 bridgehead atoms. The number of rotatable bonds is 4. The summed E-state index contributed by atoms with van der Waals surface area (Å²) in [5.74, 6) is -0.404. The van der Waals surface area contributed by atoms with E-state index in [0.717, 1.165) is 37.0 Å². The summed E-state index contributed by atoms with van der Waals surface area (Å²) >= 11 is 2.56. The number of aryl methyl sites for hydroxylation is 2. The quantitative estimate of drug-likeness (QED) is 0.653. The van der Waals surface area contributed by atoms with Crippen molar-refractivity contribution < 1.29 is 13.2 Å². The number of sulfonamides is 1. The molecule has 5 nitrogen and oxygen atoms in total. The van der Waals surface area contributed by atoms with Crippen LogP contribution in [0.3, 0.4) is 0 Å². The number of thiophene rings is 2. The van der Waals surface area contributed by atoms with E-state index >= 15 is 0 Å². The van der Waals surface area contributed by atoms with Crippen LogP contribution in [-0.2, 0) is 22.9 Å². The second-order valence-electron chi connectivity index (χ2n) is 5.11. The van der Waals surface area contributed by atoms with Crippen LogP contribution in [0.2, 0.25) is 0 Å². The monoisotopic (exact) mass is 356 g/mol. The lowest BCUT2D eigenvalue weighted by Crippen LogP contribution is -2.40. The van der Waals surface area contributed by atoms with Gasteiger partial charge in [0.2, 0.25) is 0 Å². The molecule has 0 fully saturated rings. The van der Waals surface area contributed by atoms with Crippen molar-refractivity contribution in [1.82, 2.24) is 10.3 Å². The van der Waals surface area contributed by atoms with Crippen molar-refractivity contribution in [2.45, 2.75) is 36.3 Å². The maximum Gasteiger partial charge on any atom is 0.276 e. The van der Waals surface area contributed by atoms with Gasteiger partial charge in [-0.2, -0.15) is 0 Å². The number of carbonyl (C=O) groups excluding carboxylic acids is 1. The summed E-state index contributed by atoms with van der Waals surface area (Å²) in [5.41, 5.74) is 3.52. The van der Waals surface area contributed by atoms with Gasteiger partial charge in [-0.05, 0) is 48.8 Å². The van der Waals surface area contributed by atoms with Gasteiger partial charge in [-0.25, -0.2) is 8.42 Å². The summed E-state index contributed by atoms with van der Waals surface area (Å²) in [4.78, 5) is 16.1. The van der Waals surface area contributed by atoms with Crippen LogP contribution in [0.5, 0.6) is 0 Å². The van der Waals surface area contributed by atoms with Gasteiger partial charge in [-0.1, -0.05) is 12.5 Å². The van der Waals surface area contributed by atoms with Crippen molar-refractivity contribution in [3.63, 3.8) is 0 Å². The summed E-state index contributed by atoms with van der Waals surface area (Å²) in [6.45, 7) is 0. The zero-order chi connectivity index (χ0) is 15.6. The molecule has 0 unspecified atom stereocenters. The zero-order valence-electron chi connectivity index (χ0n) is 11.8. The van der Waals surface area contributed by atoms with Gasteiger partial charge in [0, 0.05) is 4.88 Å². The molecule has 0 aliphatic heterocycles. The van der Waals surface area contributed by atoms with Crippen LogP contribution in [0.4, 0.5) is 0 Å². The highest BCUT2D eigenvalue weighted by atomic mass is 32.2. The predicted molar refractivity (Wildman–Crippen MR) is 87.7 cm³/mol. The third-order valence-corrected chi connectivity index (χ3v) is 7.41. The van der Waals surface area contributed by atoms with E-state index in [-0.39, 0.29) is 4.21 Å². The van der Waals surface area contributed by atoms with Gasteiger partial charge in [0.05, 0.1) is 4.88 Å². The van der Waals surface area contributed by atoms with E-state index in [4.69, 9.17) is 0 Å². The van der Waals surface area contributed by atoms with Crippen molar-refractivity contribution >= 4 is 38.6 Å². The second-order valence-corrected chi connectivity index (χ2v) is 9.11. The van der Waals surface area contributed by atoms with Crippen LogP contribution in [0.25, 0.3) is 0 Å². The molecule has 0 saturated heterocycles. The van der Waals surface area contributed by atoms with Crippen molar-refractivity contribution in [3.8, 4) is 0 Å². The van der Waals surface area contributed by atoms with E-state index in [0.29, 0.717) is 4.88 Å². The molecule has 3 rings (SSSR count). The van der Waals surface area contributed by atoms with Crippen LogP contribution in [0, 0.1) is 0 Å². The van der Waals surface area contributed by atoms with Gasteiger partial charge in [0.1, 0.15) is 4.21 Å². The molecule has 2 aromatic heterocycles. The van der Waals surface area contributed by atoms with E-state index in [1.165, 1.54) is 34.3 Å². The zero-order valence-corrected chi connectivity index (χ0v) is 14.2. The number of carbonyl (C=O) groups is 1. The van der Waals surface area contributed by atoms with Crippen LogP contribution < -0.4 is 10.3 Å². The Balaban J connectivity index is 1.68. The Bertz CT molecular complexity index is 740. The van der Waals surface area contributed by atoms with E-state index in [1.54, 1.807) is 11.4 Å². The Morgan fingerprint density at radius 2 is 2.00 bits per heavy atom. The Hall–Kier alpha value is -1.22. The molecular formula is C14H16N2O3S3. The third-order valence-electron chi connectivity index (χ3n) is 3.53. The highest BCUT2D eigenvalue weighted by Gasteiger charge is 2.19. The molecule has 2 aromatic rings. The van der Waals surface area contributed by atoms with Crippen molar-refractivity contribution in [2.24, 2.45) is 0 Å². The normalized spacial score (nSPS) is 15.1. The molecule has 1 aliphatic carbocycles. The first-order valence-electron chi connectivity index (χ1n) is 7.03. The highest BCUT2D eigenvalue weighted by molar-refractivity contribution is 7.91. The van der Waals surface area contributed by atoms with Crippen molar-refractivity contribution in [2.75, 3.05) is 0 Å². The fraction of sp³-hybridized carbons (Fsp3) is 0.357. The van der Waals surface area contributed by atoms with Crippen LogP contribution in [0.15, 0.2) is 27.8 Å². The van der Waals surface area contributed by atoms with Gasteiger partial charge < -0.3 is 0 Å². The van der Waals surface area contributed by atoms with Gasteiger partial charge in [-0.3, -0.25) is 10.2 Å². The predicted octanol–water partition coefficient (Wildman–Crippen LogP) is 2.70. The summed E-state index contributed by atoms with van der Waals surface area (Å²) < 4.78 is 24.1. The summed E-state index contributed by atoms with van der Waals surface area (Å²) in [7, 11) is -3.69. The number of hydrogen-bond acceptors (Lipinski definition) is 5.